The molecule has 11 heteroatoms. The van der Waals surface area contributed by atoms with Crippen LogP contribution >= 0.6 is 34.8 Å². The summed E-state index contributed by atoms with van der Waals surface area (Å²) in [6.45, 7) is 1.07. The maximum atomic E-state index is 14.7. The van der Waals surface area contributed by atoms with Crippen LogP contribution in [-0.4, -0.2) is 43.8 Å². The smallest absolute Gasteiger partial charge is 0.264 e. The van der Waals surface area contributed by atoms with Crippen LogP contribution in [0.15, 0.2) is 102 Å². The molecule has 252 valence electrons. The van der Waals surface area contributed by atoms with Crippen molar-refractivity contribution >= 4 is 62.3 Å². The van der Waals surface area contributed by atoms with Crippen LogP contribution < -0.4 is 9.62 Å². The van der Waals surface area contributed by atoms with E-state index in [-0.39, 0.29) is 35.5 Å². The summed E-state index contributed by atoms with van der Waals surface area (Å²) in [6.07, 6.45) is 5.03. The summed E-state index contributed by atoms with van der Waals surface area (Å²) in [6, 6.07) is 26.2. The summed E-state index contributed by atoms with van der Waals surface area (Å²) >= 11 is 19.7. The Morgan fingerprint density at radius 1 is 0.812 bits per heavy atom. The highest BCUT2D eigenvalue weighted by Gasteiger charge is 2.36. The second-order valence-electron chi connectivity index (χ2n) is 12.0. The van der Waals surface area contributed by atoms with Crippen LogP contribution in [0.2, 0.25) is 15.1 Å². The highest BCUT2D eigenvalue weighted by Crippen LogP contribution is 2.31. The number of nitrogens with zero attached hydrogens (tertiary/aromatic N) is 2. The Bertz CT molecular complexity index is 1820. The van der Waals surface area contributed by atoms with E-state index in [1.165, 1.54) is 23.1 Å². The molecule has 0 aliphatic heterocycles. The Hall–Kier alpha value is -3.56. The molecule has 2 amide bonds. The average Bonchev–Trinajstić information content (AvgIpc) is 3.08. The van der Waals surface area contributed by atoms with Gasteiger partial charge in [-0.1, -0.05) is 115 Å². The highest BCUT2D eigenvalue weighted by molar-refractivity contribution is 7.92. The third kappa shape index (κ3) is 8.72. The number of carbonyl (C=O) groups excluding carboxylic acids is 2. The first kappa shape index (κ1) is 35.7. The first-order chi connectivity index (χ1) is 23.0. The van der Waals surface area contributed by atoms with Crippen molar-refractivity contribution in [1.29, 1.82) is 0 Å². The number of anilines is 1. The number of hydrogen-bond donors (Lipinski definition) is 1. The van der Waals surface area contributed by atoms with Gasteiger partial charge in [0.15, 0.2) is 0 Å². The lowest BCUT2D eigenvalue weighted by atomic mass is 9.94. The summed E-state index contributed by atoms with van der Waals surface area (Å²) in [4.78, 5) is 30.4. The molecule has 1 fully saturated rings. The van der Waals surface area contributed by atoms with E-state index in [0.717, 1.165) is 47.5 Å². The van der Waals surface area contributed by atoms with E-state index in [4.69, 9.17) is 34.8 Å². The summed E-state index contributed by atoms with van der Waals surface area (Å²) in [7, 11) is -4.25. The van der Waals surface area contributed by atoms with Crippen LogP contribution in [0.25, 0.3) is 0 Å². The molecule has 0 unspecified atom stereocenters. The Kier molecular flexibility index (Phi) is 12.1. The predicted molar refractivity (Wildman–Crippen MR) is 193 cm³/mol. The van der Waals surface area contributed by atoms with Crippen molar-refractivity contribution in [3.05, 3.63) is 129 Å². The first-order valence-corrected chi connectivity index (χ1v) is 18.5. The fraction of sp³-hybridized carbons (Fsp3) is 0.297. The Labute approximate surface area is 297 Å². The molecule has 1 N–H and O–H groups in total. The molecule has 0 saturated heterocycles. The third-order valence-electron chi connectivity index (χ3n) is 8.67. The molecule has 0 bridgehead atoms. The standard InChI is InChI=1S/C37H38Cl3N3O4S/c1-26-20-21-29(23-34(26)40)43(48(46,47)30-16-9-4-10-17-30)25-36(44)42(24-31-32(38)18-11-19-33(31)39)35(22-27-12-5-2-6-13-27)37(45)41-28-14-7-3-8-15-28/h2,4-6,9-13,16-21,23,28,35H,3,7-8,14-15,22,24-25H2,1H3,(H,41,45)/t35-/m1/s1. The van der Waals surface area contributed by atoms with Gasteiger partial charge in [-0.3, -0.25) is 13.9 Å². The molecule has 5 rings (SSSR count). The predicted octanol–water partition coefficient (Wildman–Crippen LogP) is 8.24. The van der Waals surface area contributed by atoms with E-state index in [9.17, 15) is 18.0 Å². The Morgan fingerprint density at radius 3 is 2.06 bits per heavy atom. The van der Waals surface area contributed by atoms with E-state index in [1.807, 2.05) is 37.3 Å². The van der Waals surface area contributed by atoms with Gasteiger partial charge in [0.1, 0.15) is 12.6 Å². The largest absolute Gasteiger partial charge is 0.352 e. The molecule has 1 aliphatic carbocycles. The third-order valence-corrected chi connectivity index (χ3v) is 11.6. The second-order valence-corrected chi connectivity index (χ2v) is 15.1. The fourth-order valence-corrected chi connectivity index (χ4v) is 8.06. The highest BCUT2D eigenvalue weighted by atomic mass is 35.5. The minimum Gasteiger partial charge on any atom is -0.352 e. The normalized spacial score (nSPS) is 14.2. The maximum absolute atomic E-state index is 14.7. The molecule has 0 spiro atoms. The summed E-state index contributed by atoms with van der Waals surface area (Å²) in [5.41, 5.74) is 2.25. The van der Waals surface area contributed by atoms with E-state index in [0.29, 0.717) is 20.6 Å². The van der Waals surface area contributed by atoms with Crippen LogP contribution in [-0.2, 0) is 32.6 Å². The van der Waals surface area contributed by atoms with E-state index in [2.05, 4.69) is 5.32 Å². The maximum Gasteiger partial charge on any atom is 0.264 e. The molecule has 4 aromatic carbocycles. The first-order valence-electron chi connectivity index (χ1n) is 15.9. The molecule has 0 aromatic heterocycles. The van der Waals surface area contributed by atoms with E-state index in [1.54, 1.807) is 48.5 Å². The minimum absolute atomic E-state index is 0.00562. The number of carbonyl (C=O) groups is 2. The number of rotatable bonds is 12. The van der Waals surface area contributed by atoms with Crippen LogP contribution in [0.5, 0.6) is 0 Å². The quantitative estimate of drug-likeness (QED) is 0.159. The van der Waals surface area contributed by atoms with Crippen molar-refractivity contribution in [3.8, 4) is 0 Å². The number of amides is 2. The molecule has 4 aromatic rings. The summed E-state index contributed by atoms with van der Waals surface area (Å²) in [5, 5.41) is 4.19. The van der Waals surface area contributed by atoms with Gasteiger partial charge in [0.2, 0.25) is 11.8 Å². The van der Waals surface area contributed by atoms with Gasteiger partial charge in [-0.05, 0) is 67.3 Å². The number of nitrogens with one attached hydrogen (secondary N) is 1. The van der Waals surface area contributed by atoms with Gasteiger partial charge in [0.25, 0.3) is 10.0 Å². The fourth-order valence-electron chi connectivity index (χ4n) is 5.94. The zero-order valence-corrected chi connectivity index (χ0v) is 29.7. The zero-order valence-electron chi connectivity index (χ0n) is 26.6. The molecule has 48 heavy (non-hydrogen) atoms. The van der Waals surface area contributed by atoms with Crippen LogP contribution in [0.3, 0.4) is 0 Å². The lowest BCUT2D eigenvalue weighted by Crippen LogP contribution is -2.55. The minimum atomic E-state index is -4.25. The van der Waals surface area contributed by atoms with Crippen molar-refractivity contribution in [3.63, 3.8) is 0 Å². The molecular weight excluding hydrogens is 689 g/mol. The molecule has 0 radical (unpaired) electrons. The van der Waals surface area contributed by atoms with Gasteiger partial charge in [0.05, 0.1) is 10.6 Å². The van der Waals surface area contributed by atoms with Gasteiger partial charge < -0.3 is 10.2 Å². The molecule has 7 nitrogen and oxygen atoms in total. The van der Waals surface area contributed by atoms with E-state index < -0.39 is 28.5 Å². The van der Waals surface area contributed by atoms with Crippen LogP contribution in [0.4, 0.5) is 5.69 Å². The van der Waals surface area contributed by atoms with Crippen LogP contribution in [0.1, 0.15) is 48.8 Å². The number of sulfonamides is 1. The van der Waals surface area contributed by atoms with Gasteiger partial charge in [-0.25, -0.2) is 8.42 Å². The van der Waals surface area contributed by atoms with Gasteiger partial charge in [0, 0.05) is 39.6 Å². The monoisotopic (exact) mass is 725 g/mol. The molecule has 1 atom stereocenters. The van der Waals surface area contributed by atoms with Crippen molar-refractivity contribution in [1.82, 2.24) is 10.2 Å². The van der Waals surface area contributed by atoms with E-state index >= 15 is 0 Å². The summed E-state index contributed by atoms with van der Waals surface area (Å²) < 4.78 is 29.4. The lowest BCUT2D eigenvalue weighted by molar-refractivity contribution is -0.140. The SMILES string of the molecule is Cc1ccc(N(CC(=O)N(Cc2c(Cl)cccc2Cl)[C@H](Cc2ccccc2)C(=O)NC2CCCCC2)S(=O)(=O)c2ccccc2)cc1Cl. The molecule has 0 heterocycles. The van der Waals surface area contributed by atoms with Crippen molar-refractivity contribution in [2.24, 2.45) is 0 Å². The van der Waals surface area contributed by atoms with Crippen molar-refractivity contribution < 1.29 is 18.0 Å². The molecule has 1 saturated carbocycles. The van der Waals surface area contributed by atoms with Crippen LogP contribution in [0, 0.1) is 6.92 Å². The van der Waals surface area contributed by atoms with Crippen molar-refractivity contribution in [2.45, 2.75) is 69.0 Å². The number of aryl methyl sites for hydroxylation is 1. The molecule has 1 aliphatic rings. The average molecular weight is 727 g/mol. The Balaban J connectivity index is 1.60. The topological polar surface area (TPSA) is 86.8 Å². The zero-order chi connectivity index (χ0) is 34.3. The Morgan fingerprint density at radius 2 is 1.44 bits per heavy atom. The van der Waals surface area contributed by atoms with Crippen molar-refractivity contribution in [2.75, 3.05) is 10.8 Å². The number of hydrogen-bond acceptors (Lipinski definition) is 4. The number of halogens is 3. The van der Waals surface area contributed by atoms with Gasteiger partial charge in [-0.15, -0.1) is 0 Å². The summed E-state index contributed by atoms with van der Waals surface area (Å²) in [5.74, 6) is -0.931. The number of benzene rings is 4. The second kappa shape index (κ2) is 16.2. The lowest BCUT2D eigenvalue weighted by Gasteiger charge is -2.35. The molecular formula is C37H38Cl3N3O4S. The van der Waals surface area contributed by atoms with Gasteiger partial charge in [-0.2, -0.15) is 0 Å². The van der Waals surface area contributed by atoms with Gasteiger partial charge >= 0.3 is 0 Å².